The first kappa shape index (κ1) is 11.1. The van der Waals surface area contributed by atoms with Crippen LogP contribution in [0.2, 0.25) is 0 Å². The standard InChI is InChI=1S/C7H10N4O4/c8-10-9-4-15-7(14)11-3-1-2-5(11)6(12)13/h5H,1-4H2,(H,12,13)/t5-/m0/s1. The van der Waals surface area contributed by atoms with Gasteiger partial charge in [-0.3, -0.25) is 4.90 Å². The van der Waals surface area contributed by atoms with E-state index < -0.39 is 24.8 Å². The van der Waals surface area contributed by atoms with Crippen molar-refractivity contribution in [2.24, 2.45) is 5.11 Å². The third-order valence-corrected chi connectivity index (χ3v) is 2.08. The van der Waals surface area contributed by atoms with Crippen LogP contribution in [0.5, 0.6) is 0 Å². The Morgan fingerprint density at radius 1 is 1.67 bits per heavy atom. The number of hydrogen-bond donors (Lipinski definition) is 1. The Morgan fingerprint density at radius 3 is 3.00 bits per heavy atom. The first-order valence-electron chi connectivity index (χ1n) is 4.34. The molecule has 0 saturated carbocycles. The normalized spacial score (nSPS) is 19.5. The molecule has 1 amide bonds. The summed E-state index contributed by atoms with van der Waals surface area (Å²) in [6, 6.07) is -0.830. The van der Waals surface area contributed by atoms with Gasteiger partial charge < -0.3 is 9.84 Å². The number of carbonyl (C=O) groups excluding carboxylic acids is 1. The maximum Gasteiger partial charge on any atom is 0.410 e. The molecule has 1 aliphatic heterocycles. The van der Waals surface area contributed by atoms with E-state index in [1.54, 1.807) is 0 Å². The zero-order chi connectivity index (χ0) is 11.3. The summed E-state index contributed by atoms with van der Waals surface area (Å²) in [4.78, 5) is 25.5. The quantitative estimate of drug-likeness (QED) is 0.427. The first-order valence-corrected chi connectivity index (χ1v) is 4.34. The maximum atomic E-state index is 11.3. The molecule has 1 heterocycles. The number of carboxylic acids is 1. The third kappa shape index (κ3) is 2.75. The molecule has 1 fully saturated rings. The summed E-state index contributed by atoms with van der Waals surface area (Å²) in [6.07, 6.45) is 0.298. The number of carbonyl (C=O) groups is 2. The van der Waals surface area contributed by atoms with Crippen molar-refractivity contribution in [1.29, 1.82) is 0 Å². The maximum absolute atomic E-state index is 11.3. The Morgan fingerprint density at radius 2 is 2.40 bits per heavy atom. The lowest BCUT2D eigenvalue weighted by Crippen LogP contribution is -2.40. The monoisotopic (exact) mass is 214 g/mol. The highest BCUT2D eigenvalue weighted by atomic mass is 16.6. The van der Waals surface area contributed by atoms with Gasteiger partial charge in [0.1, 0.15) is 6.04 Å². The Kier molecular flexibility index (Phi) is 3.75. The number of aliphatic carboxylic acids is 1. The van der Waals surface area contributed by atoms with Gasteiger partial charge in [-0.25, -0.2) is 9.59 Å². The number of nitrogens with zero attached hydrogens (tertiary/aromatic N) is 4. The average Bonchev–Trinajstić information content (AvgIpc) is 2.66. The Labute approximate surface area is 85.0 Å². The molecule has 82 valence electrons. The molecule has 1 aliphatic rings. The van der Waals surface area contributed by atoms with E-state index in [1.165, 1.54) is 0 Å². The minimum Gasteiger partial charge on any atom is -0.480 e. The van der Waals surface area contributed by atoms with Crippen LogP contribution in [0.15, 0.2) is 5.11 Å². The smallest absolute Gasteiger partial charge is 0.410 e. The van der Waals surface area contributed by atoms with Crippen molar-refractivity contribution in [1.82, 2.24) is 4.90 Å². The molecule has 0 aromatic heterocycles. The van der Waals surface area contributed by atoms with Crippen molar-refractivity contribution in [2.75, 3.05) is 13.3 Å². The van der Waals surface area contributed by atoms with Crippen molar-refractivity contribution in [3.8, 4) is 0 Å². The number of carboxylic acid groups (broad SMARTS) is 1. The lowest BCUT2D eigenvalue weighted by molar-refractivity contribution is -0.141. The van der Waals surface area contributed by atoms with Gasteiger partial charge in [0.25, 0.3) is 0 Å². The molecule has 0 unspecified atom stereocenters. The first-order chi connectivity index (χ1) is 7.16. The number of rotatable bonds is 3. The van der Waals surface area contributed by atoms with E-state index in [1.807, 2.05) is 0 Å². The predicted octanol–water partition coefficient (Wildman–Crippen LogP) is 0.940. The number of amides is 1. The minimum atomic E-state index is -1.05. The van der Waals surface area contributed by atoms with Crippen LogP contribution in [-0.2, 0) is 9.53 Å². The van der Waals surface area contributed by atoms with Gasteiger partial charge in [0, 0.05) is 11.5 Å². The zero-order valence-corrected chi connectivity index (χ0v) is 7.87. The van der Waals surface area contributed by atoms with Gasteiger partial charge in [-0.15, -0.1) is 0 Å². The Hall–Kier alpha value is -1.95. The van der Waals surface area contributed by atoms with Gasteiger partial charge in [-0.2, -0.15) is 0 Å². The molecule has 1 rings (SSSR count). The number of hydrogen-bond acceptors (Lipinski definition) is 4. The SMILES string of the molecule is [N-]=[N+]=NCOC(=O)N1CCC[C@H]1C(=O)O. The Bertz CT molecular complexity index is 312. The summed E-state index contributed by atoms with van der Waals surface area (Å²) in [5.74, 6) is -1.05. The van der Waals surface area contributed by atoms with E-state index in [2.05, 4.69) is 14.8 Å². The van der Waals surface area contributed by atoms with Crippen molar-refractivity contribution >= 4 is 12.1 Å². The molecule has 0 spiro atoms. The molecule has 15 heavy (non-hydrogen) atoms. The fourth-order valence-corrected chi connectivity index (χ4v) is 1.43. The summed E-state index contributed by atoms with van der Waals surface area (Å²) in [5.41, 5.74) is 7.94. The van der Waals surface area contributed by atoms with Gasteiger partial charge in [-0.05, 0) is 18.4 Å². The van der Waals surface area contributed by atoms with Crippen LogP contribution in [0, 0.1) is 0 Å². The molecule has 0 bridgehead atoms. The number of azide groups is 1. The van der Waals surface area contributed by atoms with Crippen LogP contribution in [0.25, 0.3) is 10.4 Å². The van der Waals surface area contributed by atoms with Gasteiger partial charge in [-0.1, -0.05) is 5.11 Å². The van der Waals surface area contributed by atoms with Crippen molar-refractivity contribution < 1.29 is 19.4 Å². The fraction of sp³-hybridized carbons (Fsp3) is 0.714. The molecule has 1 atom stereocenters. The molecular formula is C7H10N4O4. The van der Waals surface area contributed by atoms with Crippen LogP contribution in [0.4, 0.5) is 4.79 Å². The topological polar surface area (TPSA) is 116 Å². The van der Waals surface area contributed by atoms with E-state index in [9.17, 15) is 9.59 Å². The van der Waals surface area contributed by atoms with Crippen LogP contribution in [0.1, 0.15) is 12.8 Å². The summed E-state index contributed by atoms with van der Waals surface area (Å²) >= 11 is 0. The molecule has 1 saturated heterocycles. The number of likely N-dealkylation sites (tertiary alicyclic amines) is 1. The van der Waals surface area contributed by atoms with Crippen LogP contribution in [-0.4, -0.2) is 41.4 Å². The molecule has 0 aromatic carbocycles. The van der Waals surface area contributed by atoms with Crippen molar-refractivity contribution in [3.63, 3.8) is 0 Å². The minimum absolute atomic E-state index is 0.353. The number of ether oxygens (including phenoxy) is 1. The molecule has 0 aromatic rings. The second kappa shape index (κ2) is 5.06. The summed E-state index contributed by atoms with van der Waals surface area (Å²) in [7, 11) is 0. The van der Waals surface area contributed by atoms with E-state index in [4.69, 9.17) is 10.6 Å². The summed E-state index contributed by atoms with van der Waals surface area (Å²) in [5, 5.41) is 11.8. The largest absolute Gasteiger partial charge is 0.480 e. The van der Waals surface area contributed by atoms with Crippen LogP contribution >= 0.6 is 0 Å². The fourth-order valence-electron chi connectivity index (χ4n) is 1.43. The molecule has 1 N–H and O–H groups in total. The molecule has 0 radical (unpaired) electrons. The third-order valence-electron chi connectivity index (χ3n) is 2.08. The van der Waals surface area contributed by atoms with Gasteiger partial charge in [0.15, 0.2) is 6.73 Å². The van der Waals surface area contributed by atoms with E-state index in [-0.39, 0.29) is 0 Å². The molecule has 8 nitrogen and oxygen atoms in total. The average molecular weight is 214 g/mol. The highest BCUT2D eigenvalue weighted by Crippen LogP contribution is 2.18. The lowest BCUT2D eigenvalue weighted by Gasteiger charge is -2.19. The lowest BCUT2D eigenvalue weighted by atomic mass is 10.2. The van der Waals surface area contributed by atoms with E-state index >= 15 is 0 Å². The van der Waals surface area contributed by atoms with Gasteiger partial charge in [0.2, 0.25) is 0 Å². The zero-order valence-electron chi connectivity index (χ0n) is 7.87. The molecular weight excluding hydrogens is 204 g/mol. The van der Waals surface area contributed by atoms with Crippen molar-refractivity contribution in [2.45, 2.75) is 18.9 Å². The highest BCUT2D eigenvalue weighted by Gasteiger charge is 2.34. The summed E-state index contributed by atoms with van der Waals surface area (Å²) in [6.45, 7) is -0.0652. The van der Waals surface area contributed by atoms with Crippen molar-refractivity contribution in [3.05, 3.63) is 10.4 Å². The second-order valence-electron chi connectivity index (χ2n) is 2.96. The molecule has 0 aliphatic carbocycles. The van der Waals surface area contributed by atoms with Gasteiger partial charge >= 0.3 is 12.1 Å². The predicted molar refractivity (Wildman–Crippen MR) is 47.9 cm³/mol. The van der Waals surface area contributed by atoms with Crippen LogP contribution < -0.4 is 0 Å². The molecule has 8 heteroatoms. The highest BCUT2D eigenvalue weighted by molar-refractivity contribution is 5.80. The van der Waals surface area contributed by atoms with E-state index in [0.29, 0.717) is 19.4 Å². The van der Waals surface area contributed by atoms with Gasteiger partial charge in [0.05, 0.1) is 0 Å². The van der Waals surface area contributed by atoms with Crippen LogP contribution in [0.3, 0.4) is 0 Å². The second-order valence-corrected chi connectivity index (χ2v) is 2.96. The van der Waals surface area contributed by atoms with E-state index in [0.717, 1.165) is 4.90 Å². The summed E-state index contributed by atoms with van der Waals surface area (Å²) < 4.78 is 4.55. The Balaban J connectivity index is 2.50.